The molecule has 7 heteroatoms. The molecule has 200 valence electrons. The molecule has 0 aliphatic heterocycles. The monoisotopic (exact) mass is 530 g/mol. The van der Waals surface area contributed by atoms with E-state index in [9.17, 15) is 22.0 Å². The lowest BCUT2D eigenvalue weighted by Gasteiger charge is -2.11. The van der Waals surface area contributed by atoms with Crippen molar-refractivity contribution in [1.82, 2.24) is 0 Å². The number of ether oxygens (including phenoxy) is 1. The minimum absolute atomic E-state index is 0.0615. The number of hydrogen-bond acceptors (Lipinski definition) is 1. The number of fused-ring (bicyclic) bond motifs is 1. The van der Waals surface area contributed by atoms with Crippen molar-refractivity contribution in [3.05, 3.63) is 112 Å². The van der Waals surface area contributed by atoms with Gasteiger partial charge in [-0.3, -0.25) is 0 Å². The van der Waals surface area contributed by atoms with Crippen LogP contribution in [0.5, 0.6) is 5.75 Å². The van der Waals surface area contributed by atoms with E-state index in [1.54, 1.807) is 30.3 Å². The normalized spacial score (nSPS) is 11.8. The lowest BCUT2D eigenvalue weighted by atomic mass is 9.96. The summed E-state index contributed by atoms with van der Waals surface area (Å²) in [7, 11) is 0. The summed E-state index contributed by atoms with van der Waals surface area (Å²) in [6, 6.07) is 17.9. The molecule has 0 heterocycles. The van der Waals surface area contributed by atoms with Gasteiger partial charge in [0.2, 0.25) is 0 Å². The summed E-state index contributed by atoms with van der Waals surface area (Å²) < 4.78 is 85.7. The van der Waals surface area contributed by atoms with Crippen molar-refractivity contribution in [1.29, 1.82) is 0 Å². The molecular weight excluding hydrogens is 502 g/mol. The summed E-state index contributed by atoms with van der Waals surface area (Å²) in [6.45, 7) is 0.605. The Labute approximate surface area is 218 Å². The maximum atomic E-state index is 15.2. The van der Waals surface area contributed by atoms with E-state index in [4.69, 9.17) is 4.74 Å². The fraction of sp³-hybridized carbons (Fsp3) is 0.290. The largest absolute Gasteiger partial charge is 0.484 e. The molecule has 1 nitrogen and oxygen atoms in total. The highest BCUT2D eigenvalue weighted by molar-refractivity contribution is 5.84. The van der Waals surface area contributed by atoms with Crippen LogP contribution in [0.3, 0.4) is 0 Å². The van der Waals surface area contributed by atoms with Crippen molar-refractivity contribution < 1.29 is 31.1 Å². The Kier molecular flexibility index (Phi) is 8.65. The van der Waals surface area contributed by atoms with Crippen LogP contribution in [-0.2, 0) is 32.1 Å². The minimum atomic E-state index is -4.40. The van der Waals surface area contributed by atoms with Gasteiger partial charge in [-0.15, -0.1) is 0 Å². The fourth-order valence-electron chi connectivity index (χ4n) is 4.53. The third kappa shape index (κ3) is 7.09. The third-order valence-corrected chi connectivity index (χ3v) is 6.51. The van der Waals surface area contributed by atoms with Gasteiger partial charge in [-0.05, 0) is 84.0 Å². The molecule has 0 aliphatic rings. The van der Waals surface area contributed by atoms with Gasteiger partial charge in [0.25, 0.3) is 0 Å². The Morgan fingerprint density at radius 3 is 1.97 bits per heavy atom. The highest BCUT2D eigenvalue weighted by atomic mass is 19.4. The molecule has 38 heavy (non-hydrogen) atoms. The van der Waals surface area contributed by atoms with Gasteiger partial charge in [-0.1, -0.05) is 55.8 Å². The standard InChI is InChI=1S/C31H28F6O/c1-2-3-22-17-28(32)27(29(33)18-22)15-8-21-7-14-26-24(16-21)11-10-23(30(26)34)9-4-20-5-12-25(13-6-20)38-19-31(35,36)37/h5-7,10-14,16-18H,2-4,8-9,15,19H2,1H3. The zero-order chi connectivity index (χ0) is 27.3. The molecule has 4 rings (SSSR count). The zero-order valence-corrected chi connectivity index (χ0v) is 21.0. The first-order chi connectivity index (χ1) is 18.1. The molecule has 0 amide bonds. The summed E-state index contributed by atoms with van der Waals surface area (Å²) >= 11 is 0. The highest BCUT2D eigenvalue weighted by Gasteiger charge is 2.28. The zero-order valence-electron chi connectivity index (χ0n) is 21.0. The molecule has 0 aromatic heterocycles. The lowest BCUT2D eigenvalue weighted by molar-refractivity contribution is -0.153. The molecule has 0 saturated heterocycles. The molecule has 0 spiro atoms. The van der Waals surface area contributed by atoms with Gasteiger partial charge in [0.05, 0.1) is 0 Å². The van der Waals surface area contributed by atoms with E-state index < -0.39 is 24.4 Å². The Bertz CT molecular complexity index is 1370. The van der Waals surface area contributed by atoms with Crippen molar-refractivity contribution >= 4 is 10.8 Å². The fourth-order valence-corrected chi connectivity index (χ4v) is 4.53. The summed E-state index contributed by atoms with van der Waals surface area (Å²) in [4.78, 5) is 0. The average Bonchev–Trinajstić information content (AvgIpc) is 2.87. The van der Waals surface area contributed by atoms with E-state index in [-0.39, 0.29) is 23.6 Å². The summed E-state index contributed by atoms with van der Waals surface area (Å²) in [5.41, 5.74) is 2.94. The van der Waals surface area contributed by atoms with Crippen molar-refractivity contribution in [3.63, 3.8) is 0 Å². The van der Waals surface area contributed by atoms with Crippen LogP contribution in [0.2, 0.25) is 0 Å². The second-order valence-corrected chi connectivity index (χ2v) is 9.43. The first kappa shape index (κ1) is 27.6. The quantitative estimate of drug-likeness (QED) is 0.186. The molecule has 0 saturated carbocycles. The summed E-state index contributed by atoms with van der Waals surface area (Å²) in [5, 5.41) is 1.16. The maximum absolute atomic E-state index is 15.2. The van der Waals surface area contributed by atoms with Crippen LogP contribution in [-0.4, -0.2) is 12.8 Å². The smallest absolute Gasteiger partial charge is 0.422 e. The van der Waals surface area contributed by atoms with Crippen molar-refractivity contribution in [2.75, 3.05) is 6.61 Å². The van der Waals surface area contributed by atoms with Gasteiger partial charge in [0, 0.05) is 10.9 Å². The third-order valence-electron chi connectivity index (χ3n) is 6.51. The number of benzene rings is 4. The van der Waals surface area contributed by atoms with E-state index in [2.05, 4.69) is 0 Å². The molecule has 4 aromatic carbocycles. The van der Waals surface area contributed by atoms with E-state index in [0.717, 1.165) is 17.5 Å². The molecule has 0 atom stereocenters. The van der Waals surface area contributed by atoms with Crippen LogP contribution in [0.25, 0.3) is 10.8 Å². The van der Waals surface area contributed by atoms with Crippen molar-refractivity contribution in [3.8, 4) is 5.75 Å². The van der Waals surface area contributed by atoms with Crippen LogP contribution in [0.15, 0.2) is 66.7 Å². The molecule has 0 N–H and O–H groups in total. The van der Waals surface area contributed by atoms with Crippen molar-refractivity contribution in [2.45, 2.75) is 51.6 Å². The van der Waals surface area contributed by atoms with Gasteiger partial charge >= 0.3 is 6.18 Å². The predicted molar refractivity (Wildman–Crippen MR) is 137 cm³/mol. The predicted octanol–water partition coefficient (Wildman–Crippen LogP) is 8.72. The van der Waals surface area contributed by atoms with Crippen LogP contribution >= 0.6 is 0 Å². The number of alkyl halides is 3. The number of rotatable bonds is 10. The number of aryl methyl sites for hydroxylation is 4. The first-order valence-electron chi connectivity index (χ1n) is 12.6. The number of halogens is 6. The summed E-state index contributed by atoms with van der Waals surface area (Å²) in [6.07, 6.45) is -1.42. The highest BCUT2D eigenvalue weighted by Crippen LogP contribution is 2.26. The second kappa shape index (κ2) is 11.9. The van der Waals surface area contributed by atoms with Gasteiger partial charge in [-0.2, -0.15) is 13.2 Å². The Balaban J connectivity index is 1.40. The summed E-state index contributed by atoms with van der Waals surface area (Å²) in [5.74, 6) is -1.28. The Hall–Kier alpha value is -3.48. The Morgan fingerprint density at radius 2 is 1.32 bits per heavy atom. The molecular formula is C31H28F6O. The van der Waals surface area contributed by atoms with Crippen molar-refractivity contribution in [2.24, 2.45) is 0 Å². The topological polar surface area (TPSA) is 9.23 Å². The van der Waals surface area contributed by atoms with Crippen LogP contribution < -0.4 is 4.74 Å². The van der Waals surface area contributed by atoms with Gasteiger partial charge in [0.15, 0.2) is 6.61 Å². The van der Waals surface area contributed by atoms with E-state index >= 15 is 4.39 Å². The second-order valence-electron chi connectivity index (χ2n) is 9.43. The van der Waals surface area contributed by atoms with E-state index in [1.165, 1.54) is 24.3 Å². The first-order valence-corrected chi connectivity index (χ1v) is 12.6. The van der Waals surface area contributed by atoms with Gasteiger partial charge in [0.1, 0.15) is 23.2 Å². The van der Waals surface area contributed by atoms with Crippen LogP contribution in [0, 0.1) is 17.5 Å². The maximum Gasteiger partial charge on any atom is 0.422 e. The SMILES string of the molecule is CCCc1cc(F)c(CCc2ccc3c(F)c(CCc4ccc(OCC(F)(F)F)cc4)ccc3c2)c(F)c1. The molecule has 0 aliphatic carbocycles. The van der Waals surface area contributed by atoms with Gasteiger partial charge in [-0.25, -0.2) is 13.2 Å². The molecule has 0 unspecified atom stereocenters. The minimum Gasteiger partial charge on any atom is -0.484 e. The Morgan fingerprint density at radius 1 is 0.658 bits per heavy atom. The molecule has 0 radical (unpaired) electrons. The van der Waals surface area contributed by atoms with Crippen LogP contribution in [0.1, 0.15) is 41.2 Å². The average molecular weight is 531 g/mol. The molecule has 0 fully saturated rings. The van der Waals surface area contributed by atoms with E-state index in [1.807, 2.05) is 19.1 Å². The number of hydrogen-bond donors (Lipinski definition) is 0. The molecule has 4 aromatic rings. The molecule has 0 bridgehead atoms. The van der Waals surface area contributed by atoms with Gasteiger partial charge < -0.3 is 4.74 Å². The van der Waals surface area contributed by atoms with Crippen LogP contribution in [0.4, 0.5) is 26.3 Å². The lowest BCUT2D eigenvalue weighted by Crippen LogP contribution is -2.19. The van der Waals surface area contributed by atoms with E-state index in [0.29, 0.717) is 47.6 Å².